The third kappa shape index (κ3) is 1.65. The Hall–Kier alpha value is -1.63. The Morgan fingerprint density at radius 2 is 1.85 bits per heavy atom. The number of nitriles is 1. The number of H-pyrrole nitrogens is 1. The highest BCUT2D eigenvalue weighted by atomic mass is 16.1. The van der Waals surface area contributed by atoms with E-state index in [9.17, 15) is 4.79 Å². The SMILES string of the molecule is N#CCc1c(C23CC4CC(CC(C4)C2)C3)cn[nH]c1=O. The highest BCUT2D eigenvalue weighted by Gasteiger charge is 2.52. The van der Waals surface area contributed by atoms with Crippen molar-refractivity contribution >= 4 is 0 Å². The van der Waals surface area contributed by atoms with Crippen molar-refractivity contribution < 1.29 is 0 Å². The first kappa shape index (κ1) is 12.1. The molecule has 1 heterocycles. The molecule has 0 aliphatic heterocycles. The van der Waals surface area contributed by atoms with Gasteiger partial charge in [-0.3, -0.25) is 4.79 Å². The largest absolute Gasteiger partial charge is 0.268 e. The number of rotatable bonds is 2. The molecular formula is C16H19N3O. The number of hydrogen-bond donors (Lipinski definition) is 1. The molecule has 0 amide bonds. The Labute approximate surface area is 118 Å². The van der Waals surface area contributed by atoms with Crippen LogP contribution in [0.1, 0.15) is 49.7 Å². The zero-order chi connectivity index (χ0) is 13.7. The number of aromatic nitrogens is 2. The van der Waals surface area contributed by atoms with Crippen LogP contribution in [-0.4, -0.2) is 10.2 Å². The quantitative estimate of drug-likeness (QED) is 0.895. The van der Waals surface area contributed by atoms with Crippen LogP contribution in [0.3, 0.4) is 0 Å². The van der Waals surface area contributed by atoms with Crippen molar-refractivity contribution in [1.82, 2.24) is 10.2 Å². The minimum atomic E-state index is -0.167. The van der Waals surface area contributed by atoms with Crippen molar-refractivity contribution in [2.45, 2.75) is 50.4 Å². The number of aromatic amines is 1. The van der Waals surface area contributed by atoms with Crippen LogP contribution in [0.15, 0.2) is 11.0 Å². The zero-order valence-corrected chi connectivity index (χ0v) is 11.6. The van der Waals surface area contributed by atoms with Gasteiger partial charge in [0.1, 0.15) is 0 Å². The summed E-state index contributed by atoms with van der Waals surface area (Å²) in [4.78, 5) is 12.1. The molecule has 4 aliphatic rings. The molecule has 0 unspecified atom stereocenters. The van der Waals surface area contributed by atoms with E-state index in [-0.39, 0.29) is 17.4 Å². The molecule has 104 valence electrons. The maximum atomic E-state index is 12.1. The molecule has 4 fully saturated rings. The lowest BCUT2D eigenvalue weighted by Gasteiger charge is -2.57. The minimum absolute atomic E-state index is 0.141. The van der Waals surface area contributed by atoms with Crippen LogP contribution in [0.5, 0.6) is 0 Å². The van der Waals surface area contributed by atoms with Gasteiger partial charge in [0.15, 0.2) is 0 Å². The van der Waals surface area contributed by atoms with Crippen LogP contribution in [0.4, 0.5) is 0 Å². The van der Waals surface area contributed by atoms with Gasteiger partial charge in [0.05, 0.1) is 18.7 Å². The smallest absolute Gasteiger partial charge is 0.268 e. The third-order valence-corrected chi connectivity index (χ3v) is 5.82. The predicted octanol–water partition coefficient (Wildman–Crippen LogP) is 2.30. The molecular weight excluding hydrogens is 250 g/mol. The lowest BCUT2D eigenvalue weighted by molar-refractivity contribution is -0.00580. The molecule has 4 nitrogen and oxygen atoms in total. The summed E-state index contributed by atoms with van der Waals surface area (Å²) in [6.45, 7) is 0. The second-order valence-corrected chi connectivity index (χ2v) is 7.12. The fourth-order valence-corrected chi connectivity index (χ4v) is 5.58. The van der Waals surface area contributed by atoms with Crippen LogP contribution in [0.25, 0.3) is 0 Å². The first-order valence-corrected chi connectivity index (χ1v) is 7.64. The highest BCUT2D eigenvalue weighted by molar-refractivity contribution is 5.34. The average Bonchev–Trinajstić information content (AvgIpc) is 2.39. The van der Waals surface area contributed by atoms with Gasteiger partial charge in [-0.1, -0.05) is 0 Å². The Kier molecular flexibility index (Phi) is 2.54. The third-order valence-electron chi connectivity index (χ3n) is 5.82. The van der Waals surface area contributed by atoms with Crippen LogP contribution in [0, 0.1) is 29.1 Å². The summed E-state index contributed by atoms with van der Waals surface area (Å²) in [6.07, 6.45) is 9.76. The van der Waals surface area contributed by atoms with Crippen LogP contribution in [0.2, 0.25) is 0 Å². The van der Waals surface area contributed by atoms with Crippen molar-refractivity contribution in [3.63, 3.8) is 0 Å². The van der Waals surface area contributed by atoms with Crippen LogP contribution < -0.4 is 5.56 Å². The number of nitrogens with one attached hydrogen (secondary N) is 1. The first-order chi connectivity index (χ1) is 9.70. The summed E-state index contributed by atoms with van der Waals surface area (Å²) in [5, 5.41) is 15.6. The molecule has 1 aromatic rings. The molecule has 0 saturated heterocycles. The van der Waals surface area contributed by atoms with E-state index in [1.807, 2.05) is 6.20 Å². The highest BCUT2D eigenvalue weighted by Crippen LogP contribution is 2.60. The van der Waals surface area contributed by atoms with E-state index in [1.165, 1.54) is 38.5 Å². The summed E-state index contributed by atoms with van der Waals surface area (Å²) in [5.41, 5.74) is 1.73. The van der Waals surface area contributed by atoms with E-state index in [1.54, 1.807) is 0 Å². The molecule has 4 saturated carbocycles. The molecule has 4 heteroatoms. The van der Waals surface area contributed by atoms with Gasteiger partial charge in [0.2, 0.25) is 0 Å². The fourth-order valence-electron chi connectivity index (χ4n) is 5.58. The molecule has 0 spiro atoms. The summed E-state index contributed by atoms with van der Waals surface area (Å²) >= 11 is 0. The van der Waals surface area contributed by atoms with Gasteiger partial charge in [0, 0.05) is 5.56 Å². The van der Waals surface area contributed by atoms with Crippen LogP contribution in [-0.2, 0) is 11.8 Å². The Balaban J connectivity index is 1.83. The van der Waals surface area contributed by atoms with Gasteiger partial charge < -0.3 is 0 Å². The van der Waals surface area contributed by atoms with Gasteiger partial charge in [-0.05, 0) is 67.3 Å². The Bertz CT molecular complexity index is 605. The standard InChI is InChI=1S/C16H19N3O/c17-2-1-13-14(9-18-19-15(13)20)16-6-10-3-11(7-16)5-12(4-10)8-16/h9-12H,1,3-8H2,(H,19,20). The van der Waals surface area contributed by atoms with Crippen molar-refractivity contribution in [2.75, 3.05) is 0 Å². The van der Waals surface area contributed by atoms with E-state index >= 15 is 0 Å². The summed E-state index contributed by atoms with van der Waals surface area (Å²) in [5.74, 6) is 2.49. The summed E-state index contributed by atoms with van der Waals surface area (Å²) in [6, 6.07) is 2.15. The van der Waals surface area contributed by atoms with Gasteiger partial charge in [-0.15, -0.1) is 0 Å². The molecule has 1 N–H and O–H groups in total. The second-order valence-electron chi connectivity index (χ2n) is 7.12. The first-order valence-electron chi connectivity index (χ1n) is 7.64. The fraction of sp³-hybridized carbons (Fsp3) is 0.688. The van der Waals surface area contributed by atoms with Gasteiger partial charge in [-0.2, -0.15) is 10.4 Å². The topological polar surface area (TPSA) is 69.5 Å². The van der Waals surface area contributed by atoms with E-state index < -0.39 is 0 Å². The van der Waals surface area contributed by atoms with Gasteiger partial charge >= 0.3 is 0 Å². The minimum Gasteiger partial charge on any atom is -0.268 e. The maximum absolute atomic E-state index is 12.1. The van der Waals surface area contributed by atoms with Gasteiger partial charge in [-0.25, -0.2) is 5.10 Å². The predicted molar refractivity (Wildman–Crippen MR) is 74.0 cm³/mol. The van der Waals surface area contributed by atoms with Crippen molar-refractivity contribution in [2.24, 2.45) is 17.8 Å². The van der Waals surface area contributed by atoms with Crippen molar-refractivity contribution in [1.29, 1.82) is 5.26 Å². The van der Waals surface area contributed by atoms with Crippen molar-refractivity contribution in [3.8, 4) is 6.07 Å². The molecule has 5 rings (SSSR count). The molecule has 0 atom stereocenters. The maximum Gasteiger partial charge on any atom is 0.268 e. The van der Waals surface area contributed by atoms with Gasteiger partial charge in [0.25, 0.3) is 5.56 Å². The lowest BCUT2D eigenvalue weighted by Crippen LogP contribution is -2.49. The molecule has 4 aliphatic carbocycles. The average molecular weight is 269 g/mol. The molecule has 0 radical (unpaired) electrons. The summed E-state index contributed by atoms with van der Waals surface area (Å²) < 4.78 is 0. The number of hydrogen-bond acceptors (Lipinski definition) is 3. The lowest BCUT2D eigenvalue weighted by atomic mass is 9.48. The summed E-state index contributed by atoms with van der Waals surface area (Å²) in [7, 11) is 0. The van der Waals surface area contributed by atoms with E-state index in [0.717, 1.165) is 23.3 Å². The number of nitrogens with zero attached hydrogens (tertiary/aromatic N) is 2. The molecule has 4 bridgehead atoms. The molecule has 0 aromatic carbocycles. The van der Waals surface area contributed by atoms with E-state index in [0.29, 0.717) is 5.56 Å². The second kappa shape index (κ2) is 4.18. The van der Waals surface area contributed by atoms with Crippen LogP contribution >= 0.6 is 0 Å². The molecule has 1 aromatic heterocycles. The molecule has 20 heavy (non-hydrogen) atoms. The van der Waals surface area contributed by atoms with E-state index in [2.05, 4.69) is 16.3 Å². The zero-order valence-electron chi connectivity index (χ0n) is 11.6. The normalized spacial score (nSPS) is 37.9. The Morgan fingerprint density at radius 3 is 2.40 bits per heavy atom. The Morgan fingerprint density at radius 1 is 1.25 bits per heavy atom. The monoisotopic (exact) mass is 269 g/mol. The van der Waals surface area contributed by atoms with E-state index in [4.69, 9.17) is 5.26 Å². The van der Waals surface area contributed by atoms with Crippen molar-refractivity contribution in [3.05, 3.63) is 27.7 Å².